The van der Waals surface area contributed by atoms with E-state index in [4.69, 9.17) is 0 Å². The molecule has 0 spiro atoms. The second kappa shape index (κ2) is 6.70. The third-order valence-corrected chi connectivity index (χ3v) is 2.49. The Morgan fingerprint density at radius 1 is 1.15 bits per heavy atom. The fraction of sp³-hybridized carbons (Fsp3) is 0.214. The van der Waals surface area contributed by atoms with Crippen LogP contribution in [0.5, 0.6) is 5.75 Å². The van der Waals surface area contributed by atoms with Gasteiger partial charge >= 0.3 is 6.61 Å². The first-order valence-electron chi connectivity index (χ1n) is 6.19. The van der Waals surface area contributed by atoms with E-state index in [9.17, 15) is 8.78 Å². The second-order valence-electron chi connectivity index (χ2n) is 3.99. The molecule has 0 aliphatic heterocycles. The van der Waals surface area contributed by atoms with E-state index in [0.29, 0.717) is 0 Å². The molecule has 1 heterocycles. The van der Waals surface area contributed by atoms with Crippen molar-refractivity contribution in [3.63, 3.8) is 0 Å². The van der Waals surface area contributed by atoms with E-state index in [1.54, 1.807) is 18.3 Å². The fourth-order valence-electron chi connectivity index (χ4n) is 1.67. The van der Waals surface area contributed by atoms with Crippen LogP contribution in [0, 0.1) is 0 Å². The monoisotopic (exact) mass is 279 g/mol. The molecule has 0 radical (unpaired) electrons. The molecular weight excluding hydrogens is 264 g/mol. The minimum atomic E-state index is -2.81. The number of alkyl halides is 2. The van der Waals surface area contributed by atoms with E-state index in [0.717, 1.165) is 23.7 Å². The average molecular weight is 279 g/mol. The van der Waals surface area contributed by atoms with Crippen molar-refractivity contribution in [2.75, 3.05) is 17.2 Å². The van der Waals surface area contributed by atoms with Crippen molar-refractivity contribution in [1.29, 1.82) is 0 Å². The Kier molecular flexibility index (Phi) is 4.70. The highest BCUT2D eigenvalue weighted by Crippen LogP contribution is 2.22. The number of halogens is 2. The van der Waals surface area contributed by atoms with Crippen LogP contribution in [0.4, 0.5) is 26.0 Å². The van der Waals surface area contributed by atoms with E-state index in [-0.39, 0.29) is 5.75 Å². The molecule has 1 aromatic carbocycles. The van der Waals surface area contributed by atoms with Crippen molar-refractivity contribution in [2.24, 2.45) is 0 Å². The number of hydrogen-bond donors (Lipinski definition) is 2. The molecule has 20 heavy (non-hydrogen) atoms. The largest absolute Gasteiger partial charge is 0.435 e. The van der Waals surface area contributed by atoms with Gasteiger partial charge in [0, 0.05) is 30.2 Å². The molecule has 0 aliphatic rings. The normalized spacial score (nSPS) is 10.4. The number of nitrogens with zero attached hydrogens (tertiary/aromatic N) is 1. The summed E-state index contributed by atoms with van der Waals surface area (Å²) in [6.07, 6.45) is 1.69. The van der Waals surface area contributed by atoms with E-state index in [1.165, 1.54) is 12.1 Å². The molecule has 0 saturated carbocycles. The lowest BCUT2D eigenvalue weighted by atomic mass is 10.3. The molecule has 2 rings (SSSR count). The van der Waals surface area contributed by atoms with Gasteiger partial charge in [-0.2, -0.15) is 8.78 Å². The molecule has 2 N–H and O–H groups in total. The maximum absolute atomic E-state index is 12.0. The Morgan fingerprint density at radius 3 is 2.55 bits per heavy atom. The SMILES string of the molecule is CCNc1cc(Nc2ccc(OC(F)F)cc2)ccn1. The van der Waals surface area contributed by atoms with Gasteiger partial charge in [-0.1, -0.05) is 0 Å². The Bertz CT molecular complexity index is 546. The van der Waals surface area contributed by atoms with Crippen LogP contribution in [0.1, 0.15) is 6.92 Å². The van der Waals surface area contributed by atoms with Crippen LogP contribution in [0.15, 0.2) is 42.6 Å². The van der Waals surface area contributed by atoms with Gasteiger partial charge in [-0.15, -0.1) is 0 Å². The van der Waals surface area contributed by atoms with Crippen molar-refractivity contribution in [3.05, 3.63) is 42.6 Å². The highest BCUT2D eigenvalue weighted by Gasteiger charge is 2.04. The Morgan fingerprint density at radius 2 is 1.90 bits per heavy atom. The summed E-state index contributed by atoms with van der Waals surface area (Å²) in [6, 6.07) is 10.0. The predicted octanol–water partition coefficient (Wildman–Crippen LogP) is 3.86. The van der Waals surface area contributed by atoms with Crippen LogP contribution < -0.4 is 15.4 Å². The highest BCUT2D eigenvalue weighted by atomic mass is 19.3. The van der Waals surface area contributed by atoms with E-state index in [1.807, 2.05) is 19.1 Å². The smallest absolute Gasteiger partial charge is 0.387 e. The molecular formula is C14H15F2N3O. The topological polar surface area (TPSA) is 46.2 Å². The number of aromatic nitrogens is 1. The minimum absolute atomic E-state index is 0.133. The summed E-state index contributed by atoms with van der Waals surface area (Å²) < 4.78 is 28.4. The number of rotatable bonds is 6. The zero-order chi connectivity index (χ0) is 14.4. The van der Waals surface area contributed by atoms with Gasteiger partial charge in [0.1, 0.15) is 11.6 Å². The van der Waals surface area contributed by atoms with E-state index < -0.39 is 6.61 Å². The van der Waals surface area contributed by atoms with Crippen molar-refractivity contribution in [1.82, 2.24) is 4.98 Å². The summed E-state index contributed by atoms with van der Waals surface area (Å²) in [5.41, 5.74) is 1.64. The van der Waals surface area contributed by atoms with E-state index >= 15 is 0 Å². The van der Waals surface area contributed by atoms with Gasteiger partial charge in [-0.25, -0.2) is 4.98 Å². The van der Waals surface area contributed by atoms with Gasteiger partial charge in [-0.05, 0) is 37.3 Å². The predicted molar refractivity (Wildman–Crippen MR) is 74.8 cm³/mol. The number of pyridine rings is 1. The number of nitrogens with one attached hydrogen (secondary N) is 2. The van der Waals surface area contributed by atoms with Crippen LogP contribution in [0.2, 0.25) is 0 Å². The lowest BCUT2D eigenvalue weighted by Gasteiger charge is -2.09. The maximum Gasteiger partial charge on any atom is 0.387 e. The molecule has 0 amide bonds. The van der Waals surface area contributed by atoms with Crippen LogP contribution in [0.3, 0.4) is 0 Å². The molecule has 1 aromatic heterocycles. The lowest BCUT2D eigenvalue weighted by Crippen LogP contribution is -2.02. The zero-order valence-corrected chi connectivity index (χ0v) is 10.9. The number of anilines is 3. The molecule has 0 bridgehead atoms. The summed E-state index contributed by atoms with van der Waals surface area (Å²) in [5, 5.41) is 6.27. The number of hydrogen-bond acceptors (Lipinski definition) is 4. The van der Waals surface area contributed by atoms with Crippen LogP contribution in [0.25, 0.3) is 0 Å². The Labute approximate surface area is 115 Å². The van der Waals surface area contributed by atoms with Gasteiger partial charge in [0.25, 0.3) is 0 Å². The molecule has 106 valence electrons. The standard InChI is InChI=1S/C14H15F2N3O/c1-2-17-13-9-11(7-8-18-13)19-10-3-5-12(6-4-10)20-14(15)16/h3-9,14H,2H2,1H3,(H2,17,18,19). The first-order valence-corrected chi connectivity index (χ1v) is 6.19. The highest BCUT2D eigenvalue weighted by molar-refractivity contribution is 5.62. The summed E-state index contributed by atoms with van der Waals surface area (Å²) in [5.74, 6) is 0.906. The molecule has 2 aromatic rings. The quantitative estimate of drug-likeness (QED) is 0.843. The third kappa shape index (κ3) is 4.08. The van der Waals surface area contributed by atoms with Gasteiger partial charge in [-0.3, -0.25) is 0 Å². The third-order valence-electron chi connectivity index (χ3n) is 2.49. The van der Waals surface area contributed by atoms with Gasteiger partial charge in [0.05, 0.1) is 0 Å². The van der Waals surface area contributed by atoms with Crippen LogP contribution in [-0.4, -0.2) is 18.1 Å². The molecule has 0 fully saturated rings. The molecule has 0 saturated heterocycles. The summed E-state index contributed by atoms with van der Waals surface area (Å²) in [4.78, 5) is 4.16. The molecule has 4 nitrogen and oxygen atoms in total. The Balaban J connectivity index is 2.04. The maximum atomic E-state index is 12.0. The van der Waals surface area contributed by atoms with Gasteiger partial charge < -0.3 is 15.4 Å². The van der Waals surface area contributed by atoms with Crippen LogP contribution >= 0.6 is 0 Å². The molecule has 0 unspecified atom stereocenters. The van der Waals surface area contributed by atoms with Gasteiger partial charge in [0.2, 0.25) is 0 Å². The molecule has 0 aliphatic carbocycles. The summed E-state index contributed by atoms with van der Waals surface area (Å²) in [7, 11) is 0. The van der Waals surface area contributed by atoms with Crippen molar-refractivity contribution < 1.29 is 13.5 Å². The first-order chi connectivity index (χ1) is 9.67. The minimum Gasteiger partial charge on any atom is -0.435 e. The van der Waals surface area contributed by atoms with Crippen molar-refractivity contribution in [2.45, 2.75) is 13.5 Å². The summed E-state index contributed by atoms with van der Waals surface area (Å²) >= 11 is 0. The number of benzene rings is 1. The Hall–Kier alpha value is -2.37. The molecule has 6 heteroatoms. The van der Waals surface area contributed by atoms with E-state index in [2.05, 4.69) is 20.4 Å². The second-order valence-corrected chi connectivity index (χ2v) is 3.99. The van der Waals surface area contributed by atoms with Crippen molar-refractivity contribution >= 4 is 17.2 Å². The molecule has 0 atom stereocenters. The zero-order valence-electron chi connectivity index (χ0n) is 10.9. The summed E-state index contributed by atoms with van der Waals surface area (Å²) in [6.45, 7) is -0.0312. The lowest BCUT2D eigenvalue weighted by molar-refractivity contribution is -0.0498. The fourth-order valence-corrected chi connectivity index (χ4v) is 1.67. The van der Waals surface area contributed by atoms with Crippen LogP contribution in [-0.2, 0) is 0 Å². The van der Waals surface area contributed by atoms with Crippen molar-refractivity contribution in [3.8, 4) is 5.75 Å². The average Bonchev–Trinajstić information content (AvgIpc) is 2.41. The van der Waals surface area contributed by atoms with Gasteiger partial charge in [0.15, 0.2) is 0 Å². The first kappa shape index (κ1) is 14.0. The number of ether oxygens (including phenoxy) is 1.